The summed E-state index contributed by atoms with van der Waals surface area (Å²) in [6.07, 6.45) is 4.53. The quantitative estimate of drug-likeness (QED) is 0.784. The average Bonchev–Trinajstić information content (AvgIpc) is 2.62. The van der Waals surface area contributed by atoms with Crippen molar-refractivity contribution in [3.63, 3.8) is 0 Å². The summed E-state index contributed by atoms with van der Waals surface area (Å²) in [6.45, 7) is 2.29. The topological polar surface area (TPSA) is 42.7 Å². The molecule has 1 fully saturated rings. The van der Waals surface area contributed by atoms with Crippen LogP contribution in [0.2, 0.25) is 0 Å². The fourth-order valence-electron chi connectivity index (χ4n) is 3.54. The Morgan fingerprint density at radius 1 is 1.31 bits per heavy atom. The van der Waals surface area contributed by atoms with Gasteiger partial charge in [-0.1, -0.05) is 6.07 Å². The van der Waals surface area contributed by atoms with E-state index in [2.05, 4.69) is 4.90 Å². The second-order valence-corrected chi connectivity index (χ2v) is 6.76. The molecule has 140 valence electrons. The van der Waals surface area contributed by atoms with Gasteiger partial charge in [0, 0.05) is 18.2 Å². The standard InChI is InChI=1S/C20H23F2NO3/c1-25-20-13-26-15(10-19(20)24)12-23-9-3-4-14(11-23)7-8-16-17(21)5-2-6-18(16)22/h2,5-6,10,13-14H,3-4,7-9,11-12H2,1H3/t14-/m0/s1. The summed E-state index contributed by atoms with van der Waals surface area (Å²) >= 11 is 0. The van der Waals surface area contributed by atoms with E-state index >= 15 is 0 Å². The van der Waals surface area contributed by atoms with E-state index in [0.717, 1.165) is 32.4 Å². The minimum Gasteiger partial charge on any atom is -0.490 e. The van der Waals surface area contributed by atoms with Gasteiger partial charge in [0.15, 0.2) is 0 Å². The molecule has 26 heavy (non-hydrogen) atoms. The van der Waals surface area contributed by atoms with Gasteiger partial charge in [-0.3, -0.25) is 9.69 Å². The molecule has 0 amide bonds. The van der Waals surface area contributed by atoms with Crippen LogP contribution in [0.3, 0.4) is 0 Å². The Labute approximate surface area is 151 Å². The van der Waals surface area contributed by atoms with E-state index in [1.807, 2.05) is 0 Å². The lowest BCUT2D eigenvalue weighted by Gasteiger charge is -2.32. The molecule has 0 spiro atoms. The molecule has 6 heteroatoms. The number of piperidine rings is 1. The normalized spacial score (nSPS) is 18.0. The Kier molecular flexibility index (Phi) is 6.04. The molecule has 0 unspecified atom stereocenters. The lowest BCUT2D eigenvalue weighted by Crippen LogP contribution is -2.35. The van der Waals surface area contributed by atoms with E-state index in [1.54, 1.807) is 0 Å². The number of methoxy groups -OCH3 is 1. The van der Waals surface area contributed by atoms with Crippen LogP contribution in [0.5, 0.6) is 5.75 Å². The van der Waals surface area contributed by atoms with Crippen molar-refractivity contribution in [3.05, 3.63) is 63.7 Å². The summed E-state index contributed by atoms with van der Waals surface area (Å²) in [6, 6.07) is 5.45. The Bertz CT molecular complexity index is 786. The number of nitrogens with zero attached hydrogens (tertiary/aromatic N) is 1. The highest BCUT2D eigenvalue weighted by molar-refractivity contribution is 5.20. The van der Waals surface area contributed by atoms with Gasteiger partial charge in [-0.05, 0) is 50.3 Å². The molecule has 0 N–H and O–H groups in total. The summed E-state index contributed by atoms with van der Waals surface area (Å²) in [5.74, 6) is 0.205. The van der Waals surface area contributed by atoms with E-state index in [4.69, 9.17) is 9.15 Å². The number of rotatable bonds is 6. The maximum atomic E-state index is 13.8. The lowest BCUT2D eigenvalue weighted by atomic mass is 9.91. The third-order valence-corrected chi connectivity index (χ3v) is 4.92. The largest absolute Gasteiger partial charge is 0.490 e. The summed E-state index contributed by atoms with van der Waals surface area (Å²) < 4.78 is 37.9. The van der Waals surface area contributed by atoms with Crippen LogP contribution < -0.4 is 10.2 Å². The third-order valence-electron chi connectivity index (χ3n) is 4.92. The van der Waals surface area contributed by atoms with Crippen molar-refractivity contribution in [2.75, 3.05) is 20.2 Å². The smallest absolute Gasteiger partial charge is 0.227 e. The molecule has 1 aliphatic rings. The summed E-state index contributed by atoms with van der Waals surface area (Å²) in [4.78, 5) is 14.0. The molecular weight excluding hydrogens is 340 g/mol. The number of benzene rings is 1. The van der Waals surface area contributed by atoms with E-state index in [1.165, 1.54) is 37.6 Å². The molecule has 0 bridgehead atoms. The zero-order valence-corrected chi connectivity index (χ0v) is 14.8. The fraction of sp³-hybridized carbons (Fsp3) is 0.450. The second-order valence-electron chi connectivity index (χ2n) is 6.76. The maximum Gasteiger partial charge on any atom is 0.227 e. The fourth-order valence-corrected chi connectivity index (χ4v) is 3.54. The summed E-state index contributed by atoms with van der Waals surface area (Å²) in [5, 5.41) is 0. The zero-order valence-electron chi connectivity index (χ0n) is 14.8. The molecule has 1 atom stereocenters. The van der Waals surface area contributed by atoms with E-state index in [9.17, 15) is 13.6 Å². The van der Waals surface area contributed by atoms with Gasteiger partial charge < -0.3 is 9.15 Å². The molecule has 2 heterocycles. The molecule has 0 saturated carbocycles. The van der Waals surface area contributed by atoms with Crippen LogP contribution in [0.15, 0.2) is 39.7 Å². The van der Waals surface area contributed by atoms with Gasteiger partial charge in [0.25, 0.3) is 0 Å². The highest BCUT2D eigenvalue weighted by Gasteiger charge is 2.22. The van der Waals surface area contributed by atoms with Crippen molar-refractivity contribution in [2.24, 2.45) is 5.92 Å². The van der Waals surface area contributed by atoms with Gasteiger partial charge in [0.05, 0.1) is 13.7 Å². The number of hydrogen-bond donors (Lipinski definition) is 0. The predicted molar refractivity (Wildman–Crippen MR) is 94.2 cm³/mol. The van der Waals surface area contributed by atoms with Crippen LogP contribution in [0.25, 0.3) is 0 Å². The molecule has 0 aliphatic carbocycles. The summed E-state index contributed by atoms with van der Waals surface area (Å²) in [7, 11) is 1.43. The minimum absolute atomic E-state index is 0.172. The number of likely N-dealkylation sites (tertiary alicyclic amines) is 1. The van der Waals surface area contributed by atoms with E-state index < -0.39 is 11.6 Å². The van der Waals surface area contributed by atoms with Crippen molar-refractivity contribution in [1.82, 2.24) is 4.90 Å². The van der Waals surface area contributed by atoms with Crippen molar-refractivity contribution < 1.29 is 17.9 Å². The first kappa shape index (κ1) is 18.6. The molecular formula is C20H23F2NO3. The highest BCUT2D eigenvalue weighted by Crippen LogP contribution is 2.24. The Morgan fingerprint density at radius 3 is 2.77 bits per heavy atom. The first-order valence-corrected chi connectivity index (χ1v) is 8.87. The second kappa shape index (κ2) is 8.45. The first-order chi connectivity index (χ1) is 12.6. The van der Waals surface area contributed by atoms with Gasteiger partial charge >= 0.3 is 0 Å². The molecule has 1 aliphatic heterocycles. The van der Waals surface area contributed by atoms with Gasteiger partial charge in [0.2, 0.25) is 11.2 Å². The van der Waals surface area contributed by atoms with E-state index in [-0.39, 0.29) is 16.7 Å². The lowest BCUT2D eigenvalue weighted by molar-refractivity contribution is 0.150. The number of halogens is 2. The van der Waals surface area contributed by atoms with Crippen molar-refractivity contribution >= 4 is 0 Å². The van der Waals surface area contributed by atoms with Gasteiger partial charge in [-0.25, -0.2) is 8.78 Å². The molecule has 1 saturated heterocycles. The van der Waals surface area contributed by atoms with Crippen molar-refractivity contribution in [1.29, 1.82) is 0 Å². The van der Waals surface area contributed by atoms with E-state index in [0.29, 0.717) is 24.6 Å². The van der Waals surface area contributed by atoms with Crippen molar-refractivity contribution in [2.45, 2.75) is 32.2 Å². The molecule has 1 aromatic heterocycles. The SMILES string of the molecule is COc1coc(CN2CCC[C@@H](CCc3c(F)cccc3F)C2)cc1=O. The minimum atomic E-state index is -0.474. The van der Waals surface area contributed by atoms with Crippen LogP contribution >= 0.6 is 0 Å². The van der Waals surface area contributed by atoms with Gasteiger partial charge in [-0.2, -0.15) is 0 Å². The Balaban J connectivity index is 1.57. The van der Waals surface area contributed by atoms with Crippen LogP contribution in [0, 0.1) is 17.6 Å². The molecule has 2 aromatic rings. The molecule has 4 nitrogen and oxygen atoms in total. The number of ether oxygens (including phenoxy) is 1. The Morgan fingerprint density at radius 2 is 2.08 bits per heavy atom. The highest BCUT2D eigenvalue weighted by atomic mass is 19.1. The van der Waals surface area contributed by atoms with Crippen LogP contribution in [0.1, 0.15) is 30.6 Å². The average molecular weight is 363 g/mol. The molecule has 0 radical (unpaired) electrons. The summed E-state index contributed by atoms with van der Waals surface area (Å²) in [5.41, 5.74) is -0.0249. The van der Waals surface area contributed by atoms with Crippen LogP contribution in [-0.4, -0.2) is 25.1 Å². The molecule has 3 rings (SSSR count). The predicted octanol–water partition coefficient (Wildman–Crippen LogP) is 3.77. The zero-order chi connectivity index (χ0) is 18.5. The third kappa shape index (κ3) is 4.49. The van der Waals surface area contributed by atoms with Crippen LogP contribution in [0.4, 0.5) is 8.78 Å². The monoisotopic (exact) mass is 363 g/mol. The maximum absolute atomic E-state index is 13.8. The Hall–Kier alpha value is -2.21. The first-order valence-electron chi connectivity index (χ1n) is 8.87. The van der Waals surface area contributed by atoms with Gasteiger partial charge in [0.1, 0.15) is 23.7 Å². The number of hydrogen-bond acceptors (Lipinski definition) is 4. The van der Waals surface area contributed by atoms with Crippen LogP contribution in [-0.2, 0) is 13.0 Å². The van der Waals surface area contributed by atoms with Gasteiger partial charge in [-0.15, -0.1) is 0 Å². The van der Waals surface area contributed by atoms with Crippen molar-refractivity contribution in [3.8, 4) is 5.75 Å². The molecule has 1 aromatic carbocycles.